The van der Waals surface area contributed by atoms with Gasteiger partial charge in [0.15, 0.2) is 7.14 Å². The highest BCUT2D eigenvalue weighted by molar-refractivity contribution is 7.87. The normalized spacial score (nSPS) is 12.7. The summed E-state index contributed by atoms with van der Waals surface area (Å²) in [5.74, 6) is 0.0847. The van der Waals surface area contributed by atoms with Crippen LogP contribution in [0.4, 0.5) is 0 Å². The predicted octanol–water partition coefficient (Wildman–Crippen LogP) is 4.27. The first-order chi connectivity index (χ1) is 14.0. The minimum atomic E-state index is -3.66. The van der Waals surface area contributed by atoms with E-state index in [9.17, 15) is 14.2 Å². The van der Waals surface area contributed by atoms with Gasteiger partial charge in [-0.1, -0.05) is 49.7 Å². The molecule has 0 fully saturated rings. The molecule has 0 amide bonds. The maximum absolute atomic E-state index is 14.0. The molecule has 0 heterocycles. The predicted molar refractivity (Wildman–Crippen MR) is 113 cm³/mol. The first-order valence-electron chi connectivity index (χ1n) is 9.54. The molecule has 1 unspecified atom stereocenters. The van der Waals surface area contributed by atoms with Crippen molar-refractivity contribution >= 4 is 23.9 Å². The van der Waals surface area contributed by atoms with Gasteiger partial charge < -0.3 is 18.8 Å². The first kappa shape index (κ1) is 22.7. The number of hydrogen-bond donors (Lipinski definition) is 0. The number of rotatable bonds is 11. The molecule has 0 aliphatic heterocycles. The minimum Gasteiger partial charge on any atom is -0.496 e. The molecule has 7 heteroatoms. The van der Waals surface area contributed by atoms with E-state index in [-0.39, 0.29) is 29.6 Å². The standard InChI is InChI=1S/C22H27O6P/c1-4-5-15-28-20(23)14-16-29(25,17-10-7-6-8-11-17)22(24)21-18(26-2)12-9-13-19(21)27-3/h6-13H,4-5,14-16H2,1-3H3. The van der Waals surface area contributed by atoms with Crippen molar-refractivity contribution in [2.24, 2.45) is 0 Å². The van der Waals surface area contributed by atoms with Crippen molar-refractivity contribution in [3.05, 3.63) is 54.1 Å². The lowest BCUT2D eigenvalue weighted by Crippen LogP contribution is -2.19. The zero-order valence-corrected chi connectivity index (χ0v) is 17.9. The van der Waals surface area contributed by atoms with Crippen LogP contribution < -0.4 is 14.8 Å². The summed E-state index contributed by atoms with van der Waals surface area (Å²) < 4.78 is 29.8. The molecule has 29 heavy (non-hydrogen) atoms. The Morgan fingerprint density at radius 1 is 0.931 bits per heavy atom. The topological polar surface area (TPSA) is 78.9 Å². The van der Waals surface area contributed by atoms with Crippen molar-refractivity contribution in [1.29, 1.82) is 0 Å². The number of carbonyl (C=O) groups is 2. The number of benzene rings is 2. The van der Waals surface area contributed by atoms with Crippen LogP contribution in [0, 0.1) is 0 Å². The van der Waals surface area contributed by atoms with Gasteiger partial charge >= 0.3 is 5.97 Å². The quantitative estimate of drug-likeness (QED) is 0.308. The number of ether oxygens (including phenoxy) is 3. The van der Waals surface area contributed by atoms with Crippen LogP contribution in [0.1, 0.15) is 36.5 Å². The van der Waals surface area contributed by atoms with E-state index in [1.165, 1.54) is 14.2 Å². The fourth-order valence-corrected chi connectivity index (χ4v) is 5.34. The third kappa shape index (κ3) is 5.48. The van der Waals surface area contributed by atoms with E-state index in [0.29, 0.717) is 11.9 Å². The molecule has 0 aliphatic carbocycles. The molecule has 0 saturated heterocycles. The summed E-state index contributed by atoms with van der Waals surface area (Å²) in [6, 6.07) is 13.4. The number of carbonyl (C=O) groups excluding carboxylic acids is 2. The lowest BCUT2D eigenvalue weighted by atomic mass is 10.2. The molecule has 0 saturated carbocycles. The van der Waals surface area contributed by atoms with E-state index < -0.39 is 18.6 Å². The second-order valence-electron chi connectivity index (χ2n) is 6.47. The Morgan fingerprint density at radius 2 is 1.55 bits per heavy atom. The fourth-order valence-electron chi connectivity index (χ4n) is 2.91. The number of esters is 1. The van der Waals surface area contributed by atoms with Gasteiger partial charge in [-0.25, -0.2) is 0 Å². The van der Waals surface area contributed by atoms with Crippen LogP contribution in [0.5, 0.6) is 11.5 Å². The van der Waals surface area contributed by atoms with Gasteiger partial charge in [-0.05, 0) is 18.6 Å². The Morgan fingerprint density at radius 3 is 2.10 bits per heavy atom. The molecule has 2 aromatic carbocycles. The van der Waals surface area contributed by atoms with Gasteiger partial charge in [-0.15, -0.1) is 0 Å². The number of hydrogen-bond acceptors (Lipinski definition) is 6. The summed E-state index contributed by atoms with van der Waals surface area (Å²) >= 11 is 0. The van der Waals surface area contributed by atoms with Crippen LogP contribution >= 0.6 is 7.14 Å². The average molecular weight is 418 g/mol. The second kappa shape index (κ2) is 10.8. The third-order valence-corrected chi connectivity index (χ3v) is 7.40. The maximum atomic E-state index is 14.0. The molecule has 0 aliphatic rings. The second-order valence-corrected chi connectivity index (χ2v) is 9.31. The molecule has 0 N–H and O–H groups in total. The largest absolute Gasteiger partial charge is 0.496 e. The van der Waals surface area contributed by atoms with Crippen LogP contribution in [-0.4, -0.2) is 38.5 Å². The Kier molecular flexibility index (Phi) is 8.47. The molecule has 1 atom stereocenters. The van der Waals surface area contributed by atoms with E-state index in [1.54, 1.807) is 48.5 Å². The van der Waals surface area contributed by atoms with Gasteiger partial charge in [-0.3, -0.25) is 9.59 Å². The summed E-state index contributed by atoms with van der Waals surface area (Å²) in [6.07, 6.45) is 1.43. The van der Waals surface area contributed by atoms with Crippen molar-refractivity contribution in [1.82, 2.24) is 0 Å². The Balaban J connectivity index is 2.41. The van der Waals surface area contributed by atoms with Gasteiger partial charge in [-0.2, -0.15) is 0 Å². The summed E-state index contributed by atoms with van der Waals surface area (Å²) in [6.45, 7) is 2.32. The van der Waals surface area contributed by atoms with E-state index in [0.717, 1.165) is 12.8 Å². The summed E-state index contributed by atoms with van der Waals surface area (Å²) in [7, 11) is -0.788. The van der Waals surface area contributed by atoms with Crippen molar-refractivity contribution < 1.29 is 28.4 Å². The molecule has 0 bridgehead atoms. The van der Waals surface area contributed by atoms with Crippen LogP contribution in [-0.2, 0) is 14.1 Å². The highest BCUT2D eigenvalue weighted by atomic mass is 31.2. The van der Waals surface area contributed by atoms with Crippen LogP contribution in [0.25, 0.3) is 0 Å². The molecular weight excluding hydrogens is 391 g/mol. The van der Waals surface area contributed by atoms with Gasteiger partial charge in [0.2, 0.25) is 5.52 Å². The van der Waals surface area contributed by atoms with Crippen LogP contribution in [0.15, 0.2) is 48.5 Å². The van der Waals surface area contributed by atoms with Crippen LogP contribution in [0.2, 0.25) is 0 Å². The van der Waals surface area contributed by atoms with Crippen molar-refractivity contribution in [2.45, 2.75) is 26.2 Å². The van der Waals surface area contributed by atoms with E-state index >= 15 is 0 Å². The van der Waals surface area contributed by atoms with E-state index in [4.69, 9.17) is 14.2 Å². The molecule has 156 valence electrons. The van der Waals surface area contributed by atoms with Crippen molar-refractivity contribution in [2.75, 3.05) is 27.0 Å². The Hall–Kier alpha value is -2.59. The maximum Gasteiger partial charge on any atom is 0.306 e. The zero-order chi connectivity index (χ0) is 21.3. The number of unbranched alkanes of at least 4 members (excludes halogenated alkanes) is 1. The lowest BCUT2D eigenvalue weighted by molar-refractivity contribution is -0.143. The fraction of sp³-hybridized carbons (Fsp3) is 0.364. The van der Waals surface area contributed by atoms with Gasteiger partial charge in [0.25, 0.3) is 0 Å². The molecule has 0 radical (unpaired) electrons. The molecule has 0 aromatic heterocycles. The minimum absolute atomic E-state index is 0.112. The van der Waals surface area contributed by atoms with Crippen molar-refractivity contribution in [3.63, 3.8) is 0 Å². The zero-order valence-electron chi connectivity index (χ0n) is 17.1. The average Bonchev–Trinajstić information content (AvgIpc) is 2.77. The van der Waals surface area contributed by atoms with Gasteiger partial charge in [0, 0.05) is 11.5 Å². The van der Waals surface area contributed by atoms with E-state index in [2.05, 4.69) is 0 Å². The Bertz CT molecular complexity index is 856. The molecular formula is C22H27O6P. The van der Waals surface area contributed by atoms with E-state index in [1.807, 2.05) is 6.92 Å². The van der Waals surface area contributed by atoms with Gasteiger partial charge in [0.05, 0.1) is 27.2 Å². The lowest BCUT2D eigenvalue weighted by Gasteiger charge is -2.20. The highest BCUT2D eigenvalue weighted by Crippen LogP contribution is 2.51. The molecule has 2 rings (SSSR count). The summed E-state index contributed by atoms with van der Waals surface area (Å²) in [5.41, 5.74) is -0.483. The summed E-state index contributed by atoms with van der Waals surface area (Å²) in [4.78, 5) is 25.6. The SMILES string of the molecule is CCCCOC(=O)CCP(=O)(C(=O)c1c(OC)cccc1OC)c1ccccc1. The van der Waals surface area contributed by atoms with Crippen LogP contribution in [0.3, 0.4) is 0 Å². The Labute approximate surface area is 171 Å². The first-order valence-corrected chi connectivity index (χ1v) is 11.4. The smallest absolute Gasteiger partial charge is 0.306 e. The highest BCUT2D eigenvalue weighted by Gasteiger charge is 2.38. The molecule has 6 nitrogen and oxygen atoms in total. The molecule has 0 spiro atoms. The monoisotopic (exact) mass is 418 g/mol. The van der Waals surface area contributed by atoms with Crippen molar-refractivity contribution in [3.8, 4) is 11.5 Å². The molecule has 2 aromatic rings. The third-order valence-electron chi connectivity index (χ3n) is 4.53. The number of methoxy groups -OCH3 is 2. The van der Waals surface area contributed by atoms with Gasteiger partial charge in [0.1, 0.15) is 17.1 Å². The summed E-state index contributed by atoms with van der Waals surface area (Å²) in [5, 5.41) is 0.388.